The third-order valence-corrected chi connectivity index (χ3v) is 7.94. The van der Waals surface area contributed by atoms with Gasteiger partial charge in [0.1, 0.15) is 6.07 Å². The summed E-state index contributed by atoms with van der Waals surface area (Å²) < 4.78 is 0. The Bertz CT molecular complexity index is 1490. The molecule has 5 rings (SSSR count). The van der Waals surface area contributed by atoms with E-state index in [0.29, 0.717) is 5.56 Å². The van der Waals surface area contributed by atoms with E-state index in [1.807, 2.05) is 12.3 Å². The fourth-order valence-corrected chi connectivity index (χ4v) is 5.66. The molecule has 0 unspecified atom stereocenters. The van der Waals surface area contributed by atoms with Crippen LogP contribution in [0.25, 0.3) is 23.3 Å². The number of benzene rings is 3. The summed E-state index contributed by atoms with van der Waals surface area (Å²) in [5.41, 5.74) is 12.2. The van der Waals surface area contributed by atoms with Crippen molar-refractivity contribution in [3.8, 4) is 17.2 Å². The predicted molar refractivity (Wildman–Crippen MR) is 162 cm³/mol. The van der Waals surface area contributed by atoms with Crippen molar-refractivity contribution in [1.82, 2.24) is 9.88 Å². The average molecular weight is 512 g/mol. The van der Waals surface area contributed by atoms with Crippen LogP contribution in [0.5, 0.6) is 0 Å². The number of hydrogen-bond acceptors (Lipinski definition) is 3. The zero-order chi connectivity index (χ0) is 27.0. The lowest BCUT2D eigenvalue weighted by Gasteiger charge is -2.28. The maximum atomic E-state index is 9.29. The molecule has 0 amide bonds. The molecule has 196 valence electrons. The first kappa shape index (κ1) is 26.6. The van der Waals surface area contributed by atoms with Gasteiger partial charge in [0.05, 0.1) is 5.56 Å². The Morgan fingerprint density at radius 3 is 2.41 bits per heavy atom. The van der Waals surface area contributed by atoms with Crippen molar-refractivity contribution in [2.45, 2.75) is 52.5 Å². The van der Waals surface area contributed by atoms with Gasteiger partial charge < -0.3 is 0 Å². The van der Waals surface area contributed by atoms with Gasteiger partial charge in [0.2, 0.25) is 0 Å². The molecule has 1 aliphatic rings. The molecule has 0 spiro atoms. The highest BCUT2D eigenvalue weighted by Crippen LogP contribution is 2.28. The maximum absolute atomic E-state index is 9.29. The molecule has 0 bridgehead atoms. The Kier molecular flexibility index (Phi) is 8.66. The van der Waals surface area contributed by atoms with Crippen molar-refractivity contribution >= 4 is 12.2 Å². The topological polar surface area (TPSA) is 39.9 Å². The Hall–Kier alpha value is -4.00. The predicted octanol–water partition coefficient (Wildman–Crippen LogP) is 8.18. The number of rotatable bonds is 8. The lowest BCUT2D eigenvalue weighted by atomic mass is 9.92. The molecule has 2 heterocycles. The summed E-state index contributed by atoms with van der Waals surface area (Å²) in [6, 6.07) is 26.2. The lowest BCUT2D eigenvalue weighted by Crippen LogP contribution is -2.29. The highest BCUT2D eigenvalue weighted by atomic mass is 15.1. The van der Waals surface area contributed by atoms with Crippen molar-refractivity contribution in [2.75, 3.05) is 13.1 Å². The molecule has 0 saturated carbocycles. The second-order valence-electron chi connectivity index (χ2n) is 10.7. The molecule has 0 radical (unpaired) electrons. The summed E-state index contributed by atoms with van der Waals surface area (Å²) in [6.07, 6.45) is 13.8. The zero-order valence-electron chi connectivity index (χ0n) is 23.2. The number of aromatic nitrogens is 1. The molecule has 0 atom stereocenters. The highest BCUT2D eigenvalue weighted by Gasteiger charge is 2.14. The molecule has 0 aliphatic carbocycles. The van der Waals surface area contributed by atoms with Crippen molar-refractivity contribution < 1.29 is 0 Å². The van der Waals surface area contributed by atoms with Crippen LogP contribution < -0.4 is 0 Å². The summed E-state index contributed by atoms with van der Waals surface area (Å²) in [6.45, 7) is 7.83. The minimum atomic E-state index is 0.627. The molecular weight excluding hydrogens is 474 g/mol. The van der Waals surface area contributed by atoms with E-state index in [9.17, 15) is 5.26 Å². The van der Waals surface area contributed by atoms with Crippen LogP contribution in [0.15, 0.2) is 79.1 Å². The standard InChI is InChI=1S/C36H37N3/c1-27-20-35(26-39-18-7-4-8-19-39)34(15-14-29-21-30(23-37)25-38-24-29)22-33(27)17-16-31-12-9-13-36(28(31)2)32-10-5-3-6-11-32/h3,5-6,9-13,16-17,20-22,24-25H,4,7-8,14-15,18-19,26H2,1-2H3/b17-16+. The molecule has 0 N–H and O–H groups in total. The van der Waals surface area contributed by atoms with Gasteiger partial charge in [0.25, 0.3) is 0 Å². The largest absolute Gasteiger partial charge is 0.299 e. The van der Waals surface area contributed by atoms with Gasteiger partial charge >= 0.3 is 0 Å². The summed E-state index contributed by atoms with van der Waals surface area (Å²) in [7, 11) is 0. The van der Waals surface area contributed by atoms with Crippen molar-refractivity contribution in [3.63, 3.8) is 0 Å². The average Bonchev–Trinajstić information content (AvgIpc) is 2.98. The Morgan fingerprint density at radius 1 is 0.821 bits per heavy atom. The molecule has 3 aromatic carbocycles. The first-order valence-electron chi connectivity index (χ1n) is 14.1. The number of aryl methyl sites for hydroxylation is 3. The van der Waals surface area contributed by atoms with E-state index in [1.54, 1.807) is 6.20 Å². The van der Waals surface area contributed by atoms with E-state index in [4.69, 9.17) is 0 Å². The number of hydrogen-bond donors (Lipinski definition) is 0. The number of nitrogens with zero attached hydrogens (tertiary/aromatic N) is 3. The normalized spacial score (nSPS) is 14.0. The number of likely N-dealkylation sites (tertiary alicyclic amines) is 1. The smallest absolute Gasteiger partial charge is 0.101 e. The molecular formula is C36H37N3. The lowest BCUT2D eigenvalue weighted by molar-refractivity contribution is 0.220. The summed E-state index contributed by atoms with van der Waals surface area (Å²) >= 11 is 0. The Labute approximate surface area is 233 Å². The molecule has 1 fully saturated rings. The van der Waals surface area contributed by atoms with E-state index in [2.05, 4.69) is 103 Å². The first-order valence-corrected chi connectivity index (χ1v) is 14.1. The van der Waals surface area contributed by atoms with Crippen LogP contribution in [-0.2, 0) is 19.4 Å². The quantitative estimate of drug-likeness (QED) is 0.224. The van der Waals surface area contributed by atoms with Crippen molar-refractivity contribution in [1.29, 1.82) is 5.26 Å². The fraction of sp³-hybridized carbons (Fsp3) is 0.278. The molecule has 1 aliphatic heterocycles. The van der Waals surface area contributed by atoms with Gasteiger partial charge in [0.15, 0.2) is 0 Å². The van der Waals surface area contributed by atoms with E-state index in [1.165, 1.54) is 76.9 Å². The minimum Gasteiger partial charge on any atom is -0.299 e. The van der Waals surface area contributed by atoms with Gasteiger partial charge in [-0.15, -0.1) is 0 Å². The SMILES string of the molecule is Cc1cc(CN2CCCCC2)c(CCc2cncc(C#N)c2)cc1/C=C/c1cccc(-c2ccccc2)c1C. The van der Waals surface area contributed by atoms with Gasteiger partial charge in [0, 0.05) is 18.9 Å². The van der Waals surface area contributed by atoms with Crippen LogP contribution >= 0.6 is 0 Å². The van der Waals surface area contributed by atoms with E-state index >= 15 is 0 Å². The maximum Gasteiger partial charge on any atom is 0.101 e. The molecule has 3 nitrogen and oxygen atoms in total. The van der Waals surface area contributed by atoms with Gasteiger partial charge in [-0.05, 0) is 109 Å². The van der Waals surface area contributed by atoms with Crippen LogP contribution in [0, 0.1) is 25.2 Å². The minimum absolute atomic E-state index is 0.627. The number of piperidine rings is 1. The van der Waals surface area contributed by atoms with Gasteiger partial charge in [-0.1, -0.05) is 79.2 Å². The third-order valence-electron chi connectivity index (χ3n) is 7.94. The number of nitriles is 1. The van der Waals surface area contributed by atoms with Crippen LogP contribution in [0.4, 0.5) is 0 Å². The van der Waals surface area contributed by atoms with Crippen LogP contribution in [0.3, 0.4) is 0 Å². The Balaban J connectivity index is 1.44. The van der Waals surface area contributed by atoms with Gasteiger partial charge in [-0.2, -0.15) is 5.26 Å². The van der Waals surface area contributed by atoms with E-state index in [0.717, 1.165) is 24.9 Å². The van der Waals surface area contributed by atoms with Crippen LogP contribution in [-0.4, -0.2) is 23.0 Å². The number of pyridine rings is 1. The molecule has 39 heavy (non-hydrogen) atoms. The van der Waals surface area contributed by atoms with Crippen LogP contribution in [0.2, 0.25) is 0 Å². The summed E-state index contributed by atoms with van der Waals surface area (Å²) in [5.74, 6) is 0. The van der Waals surface area contributed by atoms with E-state index in [-0.39, 0.29) is 0 Å². The fourth-order valence-electron chi connectivity index (χ4n) is 5.66. The first-order chi connectivity index (χ1) is 19.1. The van der Waals surface area contributed by atoms with Crippen molar-refractivity contribution in [2.24, 2.45) is 0 Å². The highest BCUT2D eigenvalue weighted by molar-refractivity contribution is 5.78. The second-order valence-corrected chi connectivity index (χ2v) is 10.7. The van der Waals surface area contributed by atoms with Crippen molar-refractivity contribution in [3.05, 3.63) is 124 Å². The second kappa shape index (κ2) is 12.7. The summed E-state index contributed by atoms with van der Waals surface area (Å²) in [5, 5.41) is 9.29. The Morgan fingerprint density at radius 2 is 1.62 bits per heavy atom. The molecule has 3 heteroatoms. The zero-order valence-corrected chi connectivity index (χ0v) is 23.2. The van der Waals surface area contributed by atoms with Gasteiger partial charge in [-0.25, -0.2) is 0 Å². The molecule has 1 aromatic heterocycles. The molecule has 4 aromatic rings. The van der Waals surface area contributed by atoms with Crippen LogP contribution in [0.1, 0.15) is 63.8 Å². The molecule has 1 saturated heterocycles. The summed E-state index contributed by atoms with van der Waals surface area (Å²) in [4.78, 5) is 6.88. The third kappa shape index (κ3) is 6.72. The monoisotopic (exact) mass is 511 g/mol. The van der Waals surface area contributed by atoms with Gasteiger partial charge in [-0.3, -0.25) is 9.88 Å². The van der Waals surface area contributed by atoms with E-state index < -0.39 is 0 Å².